The van der Waals surface area contributed by atoms with Crippen LogP contribution < -0.4 is 5.32 Å². The SMILES string of the molecule is O=C(O)c1ccc(-c2cc3c(c([N+](=O)[O-])c2)NCC3)cc1. The molecule has 6 nitrogen and oxygen atoms in total. The first kappa shape index (κ1) is 13.1. The number of nitro groups is 1. The number of benzene rings is 2. The third-order valence-electron chi connectivity index (χ3n) is 3.56. The first-order chi connectivity index (χ1) is 10.1. The van der Waals surface area contributed by atoms with E-state index in [9.17, 15) is 14.9 Å². The average molecular weight is 284 g/mol. The second-order valence-electron chi connectivity index (χ2n) is 4.85. The number of carboxylic acid groups (broad SMARTS) is 1. The predicted molar refractivity (Wildman–Crippen MR) is 77.7 cm³/mol. The smallest absolute Gasteiger partial charge is 0.335 e. The molecule has 0 unspecified atom stereocenters. The van der Waals surface area contributed by atoms with Gasteiger partial charge in [-0.1, -0.05) is 12.1 Å². The lowest BCUT2D eigenvalue weighted by Gasteiger charge is -2.07. The summed E-state index contributed by atoms with van der Waals surface area (Å²) in [6, 6.07) is 9.75. The van der Waals surface area contributed by atoms with Gasteiger partial charge in [-0.25, -0.2) is 4.79 Å². The van der Waals surface area contributed by atoms with Crippen molar-refractivity contribution in [1.82, 2.24) is 0 Å². The largest absolute Gasteiger partial charge is 0.478 e. The maximum absolute atomic E-state index is 11.2. The van der Waals surface area contributed by atoms with E-state index < -0.39 is 10.9 Å². The van der Waals surface area contributed by atoms with Gasteiger partial charge in [-0.3, -0.25) is 10.1 Å². The Morgan fingerprint density at radius 1 is 1.19 bits per heavy atom. The summed E-state index contributed by atoms with van der Waals surface area (Å²) in [6.45, 7) is 0.692. The topological polar surface area (TPSA) is 92.5 Å². The summed E-state index contributed by atoms with van der Waals surface area (Å²) in [5.41, 5.74) is 3.24. The normalized spacial score (nSPS) is 12.6. The molecule has 2 aromatic carbocycles. The van der Waals surface area contributed by atoms with Crippen LogP contribution in [0.4, 0.5) is 11.4 Å². The molecule has 0 fully saturated rings. The molecule has 2 N–H and O–H groups in total. The van der Waals surface area contributed by atoms with Gasteiger partial charge in [0, 0.05) is 12.6 Å². The van der Waals surface area contributed by atoms with E-state index in [0.29, 0.717) is 12.2 Å². The summed E-state index contributed by atoms with van der Waals surface area (Å²) < 4.78 is 0. The molecule has 2 aromatic rings. The first-order valence-electron chi connectivity index (χ1n) is 6.45. The zero-order valence-electron chi connectivity index (χ0n) is 11.0. The van der Waals surface area contributed by atoms with Crippen LogP contribution in [0.25, 0.3) is 11.1 Å². The van der Waals surface area contributed by atoms with Gasteiger partial charge >= 0.3 is 5.97 Å². The van der Waals surface area contributed by atoms with Crippen molar-refractivity contribution in [2.45, 2.75) is 6.42 Å². The van der Waals surface area contributed by atoms with Gasteiger partial charge < -0.3 is 10.4 Å². The second kappa shape index (κ2) is 4.90. The van der Waals surface area contributed by atoms with E-state index in [1.54, 1.807) is 12.1 Å². The van der Waals surface area contributed by atoms with Crippen molar-refractivity contribution in [3.63, 3.8) is 0 Å². The molecule has 3 rings (SSSR count). The van der Waals surface area contributed by atoms with Gasteiger partial charge in [0.05, 0.1) is 10.5 Å². The Morgan fingerprint density at radius 3 is 2.52 bits per heavy atom. The summed E-state index contributed by atoms with van der Waals surface area (Å²) >= 11 is 0. The Morgan fingerprint density at radius 2 is 1.90 bits per heavy atom. The van der Waals surface area contributed by atoms with Crippen LogP contribution in [0.5, 0.6) is 0 Å². The molecule has 0 bridgehead atoms. The van der Waals surface area contributed by atoms with Crippen LogP contribution in [-0.4, -0.2) is 22.5 Å². The molecule has 0 radical (unpaired) electrons. The Balaban J connectivity index is 2.08. The van der Waals surface area contributed by atoms with Gasteiger partial charge in [-0.05, 0) is 41.3 Å². The van der Waals surface area contributed by atoms with Crippen molar-refractivity contribution in [1.29, 1.82) is 0 Å². The molecule has 1 aliphatic heterocycles. The van der Waals surface area contributed by atoms with Crippen molar-refractivity contribution in [3.05, 3.63) is 57.6 Å². The third kappa shape index (κ3) is 2.31. The Hall–Kier alpha value is -2.89. The number of aromatic carboxylic acids is 1. The molecule has 0 saturated carbocycles. The number of nitrogens with one attached hydrogen (secondary N) is 1. The maximum atomic E-state index is 11.2. The highest BCUT2D eigenvalue weighted by Gasteiger charge is 2.23. The fraction of sp³-hybridized carbons (Fsp3) is 0.133. The standard InChI is InChI=1S/C15H12N2O4/c18-15(19)10-3-1-9(2-4-10)12-7-11-5-6-16-14(11)13(8-12)17(20)21/h1-4,7-8,16H,5-6H2,(H,18,19). The zero-order chi connectivity index (χ0) is 15.0. The molecule has 0 aromatic heterocycles. The highest BCUT2D eigenvalue weighted by atomic mass is 16.6. The summed E-state index contributed by atoms with van der Waals surface area (Å²) in [6.07, 6.45) is 0.747. The van der Waals surface area contributed by atoms with Crippen molar-refractivity contribution in [2.75, 3.05) is 11.9 Å². The van der Waals surface area contributed by atoms with Crippen molar-refractivity contribution < 1.29 is 14.8 Å². The molecular weight excluding hydrogens is 272 g/mol. The number of hydrogen-bond acceptors (Lipinski definition) is 4. The molecule has 0 atom stereocenters. The summed E-state index contributed by atoms with van der Waals surface area (Å²) in [7, 11) is 0. The van der Waals surface area contributed by atoms with E-state index in [2.05, 4.69) is 5.32 Å². The van der Waals surface area contributed by atoms with Crippen LogP contribution in [0.1, 0.15) is 15.9 Å². The lowest BCUT2D eigenvalue weighted by Crippen LogP contribution is -1.97. The number of rotatable bonds is 3. The van der Waals surface area contributed by atoms with Crippen LogP contribution in [0.2, 0.25) is 0 Å². The maximum Gasteiger partial charge on any atom is 0.335 e. The monoisotopic (exact) mass is 284 g/mol. The molecule has 21 heavy (non-hydrogen) atoms. The summed E-state index contributed by atoms with van der Waals surface area (Å²) in [5.74, 6) is -0.995. The van der Waals surface area contributed by atoms with Gasteiger partial charge in [0.1, 0.15) is 5.69 Å². The molecule has 0 aliphatic carbocycles. The minimum absolute atomic E-state index is 0.0577. The number of fused-ring (bicyclic) bond motifs is 1. The van der Waals surface area contributed by atoms with Crippen LogP contribution in [-0.2, 0) is 6.42 Å². The van der Waals surface area contributed by atoms with Crippen LogP contribution >= 0.6 is 0 Å². The quantitative estimate of drug-likeness (QED) is 0.667. The lowest BCUT2D eigenvalue weighted by molar-refractivity contribution is -0.383. The van der Waals surface area contributed by atoms with E-state index in [1.165, 1.54) is 18.2 Å². The molecule has 0 amide bonds. The molecular formula is C15H12N2O4. The Bertz CT molecular complexity index is 738. The van der Waals surface area contributed by atoms with Gasteiger partial charge in [0.2, 0.25) is 0 Å². The predicted octanol–water partition coefficient (Wildman–Crippen LogP) is 2.93. The number of carbonyl (C=O) groups is 1. The van der Waals surface area contributed by atoms with E-state index in [-0.39, 0.29) is 11.3 Å². The van der Waals surface area contributed by atoms with Gasteiger partial charge in [0.15, 0.2) is 0 Å². The zero-order valence-corrected chi connectivity index (χ0v) is 11.0. The molecule has 6 heteroatoms. The van der Waals surface area contributed by atoms with Crippen molar-refractivity contribution in [2.24, 2.45) is 0 Å². The minimum atomic E-state index is -0.995. The van der Waals surface area contributed by atoms with Gasteiger partial charge in [-0.15, -0.1) is 0 Å². The molecule has 106 valence electrons. The highest BCUT2D eigenvalue weighted by Crippen LogP contribution is 2.37. The minimum Gasteiger partial charge on any atom is -0.478 e. The number of hydrogen-bond donors (Lipinski definition) is 2. The molecule has 0 saturated heterocycles. The lowest BCUT2D eigenvalue weighted by atomic mass is 9.99. The number of anilines is 1. The number of carboxylic acids is 1. The summed E-state index contributed by atoms with van der Waals surface area (Å²) in [4.78, 5) is 21.6. The average Bonchev–Trinajstić information content (AvgIpc) is 2.94. The first-order valence-corrected chi connectivity index (χ1v) is 6.45. The van der Waals surface area contributed by atoms with E-state index >= 15 is 0 Å². The second-order valence-corrected chi connectivity index (χ2v) is 4.85. The van der Waals surface area contributed by atoms with E-state index in [0.717, 1.165) is 23.1 Å². The highest BCUT2D eigenvalue weighted by molar-refractivity contribution is 5.88. The molecule has 0 spiro atoms. The van der Waals surface area contributed by atoms with Crippen molar-refractivity contribution >= 4 is 17.3 Å². The number of nitro benzene ring substituents is 1. The molecule has 1 aliphatic rings. The van der Waals surface area contributed by atoms with Crippen molar-refractivity contribution in [3.8, 4) is 11.1 Å². The Kier molecular flexibility index (Phi) is 3.06. The van der Waals surface area contributed by atoms with Crippen LogP contribution in [0.15, 0.2) is 36.4 Å². The van der Waals surface area contributed by atoms with E-state index in [4.69, 9.17) is 5.11 Å². The van der Waals surface area contributed by atoms with Gasteiger partial charge in [-0.2, -0.15) is 0 Å². The fourth-order valence-corrected chi connectivity index (χ4v) is 2.52. The van der Waals surface area contributed by atoms with E-state index in [1.807, 2.05) is 6.07 Å². The number of nitrogens with zero attached hydrogens (tertiary/aromatic N) is 1. The Labute approximate surface area is 120 Å². The van der Waals surface area contributed by atoms with Crippen LogP contribution in [0.3, 0.4) is 0 Å². The molecule has 1 heterocycles. The third-order valence-corrected chi connectivity index (χ3v) is 3.56. The van der Waals surface area contributed by atoms with Crippen LogP contribution in [0, 0.1) is 10.1 Å². The summed E-state index contributed by atoms with van der Waals surface area (Å²) in [5, 5.41) is 23.1. The van der Waals surface area contributed by atoms with Gasteiger partial charge in [0.25, 0.3) is 5.69 Å². The fourth-order valence-electron chi connectivity index (χ4n) is 2.52.